The maximum Gasteiger partial charge on any atom is 0.315 e. The molecule has 1 aliphatic heterocycles. The van der Waals surface area contributed by atoms with Crippen LogP contribution in [0.3, 0.4) is 0 Å². The van der Waals surface area contributed by atoms with Crippen LogP contribution in [-0.2, 0) is 11.3 Å². The normalized spacial score (nSPS) is 18.6. The van der Waals surface area contributed by atoms with Crippen LogP contribution in [0.2, 0.25) is 0 Å². The van der Waals surface area contributed by atoms with Gasteiger partial charge < -0.3 is 20.1 Å². The first kappa shape index (κ1) is 19.1. The highest BCUT2D eigenvalue weighted by atomic mass is 19.1. The van der Waals surface area contributed by atoms with Gasteiger partial charge in [-0.2, -0.15) is 0 Å². The minimum Gasteiger partial charge on any atom is -0.439 e. The molecule has 1 aliphatic rings. The van der Waals surface area contributed by atoms with Gasteiger partial charge in [0.1, 0.15) is 11.6 Å². The second-order valence-electron chi connectivity index (χ2n) is 7.19. The molecule has 0 aliphatic carbocycles. The van der Waals surface area contributed by atoms with Crippen LogP contribution in [0.15, 0.2) is 42.6 Å². The summed E-state index contributed by atoms with van der Waals surface area (Å²) < 4.78 is 24.3. The van der Waals surface area contributed by atoms with Crippen molar-refractivity contribution in [2.45, 2.75) is 44.9 Å². The minimum absolute atomic E-state index is 0.105. The Kier molecular flexibility index (Phi) is 5.91. The molecule has 2 N–H and O–H groups in total. The smallest absolute Gasteiger partial charge is 0.315 e. The maximum atomic E-state index is 13.2. The van der Waals surface area contributed by atoms with E-state index in [0.717, 1.165) is 18.4 Å². The number of urea groups is 1. The number of benzene rings is 1. The molecule has 0 radical (unpaired) electrons. The van der Waals surface area contributed by atoms with Crippen molar-refractivity contribution in [3.8, 4) is 11.6 Å². The Bertz CT molecular complexity index is 780. The lowest BCUT2D eigenvalue weighted by Gasteiger charge is -2.35. The molecule has 0 bridgehead atoms. The number of carbonyl (C=O) groups excluding carboxylic acids is 1. The molecule has 3 rings (SSSR count). The van der Waals surface area contributed by atoms with Gasteiger partial charge >= 0.3 is 6.03 Å². The van der Waals surface area contributed by atoms with Crippen molar-refractivity contribution in [2.24, 2.45) is 0 Å². The van der Waals surface area contributed by atoms with E-state index in [-0.39, 0.29) is 23.5 Å². The third-order valence-electron chi connectivity index (χ3n) is 4.30. The van der Waals surface area contributed by atoms with Crippen LogP contribution >= 0.6 is 0 Å². The molecule has 1 fully saturated rings. The summed E-state index contributed by atoms with van der Waals surface area (Å²) in [6, 6.07) is 9.25. The second kappa shape index (κ2) is 8.35. The van der Waals surface area contributed by atoms with Gasteiger partial charge in [0.05, 0.1) is 5.60 Å². The molecule has 2 amide bonds. The summed E-state index contributed by atoms with van der Waals surface area (Å²) in [7, 11) is 0. The highest BCUT2D eigenvalue weighted by Gasteiger charge is 2.29. The Labute approximate surface area is 158 Å². The Morgan fingerprint density at radius 2 is 2.22 bits per heavy atom. The first-order chi connectivity index (χ1) is 12.9. The van der Waals surface area contributed by atoms with Gasteiger partial charge in [0, 0.05) is 37.5 Å². The summed E-state index contributed by atoms with van der Waals surface area (Å²) in [5.74, 6) is 0.373. The van der Waals surface area contributed by atoms with Gasteiger partial charge in [0.25, 0.3) is 0 Å². The molecule has 1 unspecified atom stereocenters. The van der Waals surface area contributed by atoms with E-state index in [2.05, 4.69) is 15.6 Å². The fourth-order valence-electron chi connectivity index (χ4n) is 3.00. The first-order valence-electron chi connectivity index (χ1n) is 8.96. The molecule has 0 spiro atoms. The second-order valence-corrected chi connectivity index (χ2v) is 7.19. The molecule has 27 heavy (non-hydrogen) atoms. The van der Waals surface area contributed by atoms with Crippen molar-refractivity contribution in [1.29, 1.82) is 0 Å². The van der Waals surface area contributed by atoms with Crippen LogP contribution in [0.5, 0.6) is 11.6 Å². The maximum absolute atomic E-state index is 13.2. The number of rotatable bonds is 5. The molecule has 6 nitrogen and oxygen atoms in total. The SMILES string of the molecule is CC1(C)CC(NC(=O)NCc2ccc(Oc3cccc(F)c3)nc2)CCO1. The van der Waals surface area contributed by atoms with Crippen LogP contribution in [-0.4, -0.2) is 29.3 Å². The molecule has 7 heteroatoms. The van der Waals surface area contributed by atoms with Crippen LogP contribution in [0.4, 0.5) is 9.18 Å². The lowest BCUT2D eigenvalue weighted by molar-refractivity contribution is -0.0611. The fourth-order valence-corrected chi connectivity index (χ4v) is 3.00. The molecule has 1 atom stereocenters. The van der Waals surface area contributed by atoms with E-state index in [1.807, 2.05) is 13.8 Å². The highest BCUT2D eigenvalue weighted by molar-refractivity contribution is 5.74. The largest absolute Gasteiger partial charge is 0.439 e. The standard InChI is InChI=1S/C20H24FN3O3/c1-20(2)11-16(8-9-26-20)24-19(25)23-13-14-6-7-18(22-12-14)27-17-5-3-4-15(21)10-17/h3-7,10,12,16H,8-9,11,13H2,1-2H3,(H2,23,24,25). The van der Waals surface area contributed by atoms with Gasteiger partial charge in [0.2, 0.25) is 5.88 Å². The number of hydrogen-bond donors (Lipinski definition) is 2. The highest BCUT2D eigenvalue weighted by Crippen LogP contribution is 2.24. The Hall–Kier alpha value is -2.67. The summed E-state index contributed by atoms with van der Waals surface area (Å²) in [5, 5.41) is 5.81. The van der Waals surface area contributed by atoms with Gasteiger partial charge in [0.15, 0.2) is 0 Å². The van der Waals surface area contributed by atoms with Crippen molar-refractivity contribution >= 4 is 6.03 Å². The van der Waals surface area contributed by atoms with Gasteiger partial charge in [-0.25, -0.2) is 14.2 Å². The number of hydrogen-bond acceptors (Lipinski definition) is 4. The first-order valence-corrected chi connectivity index (χ1v) is 8.96. The molecule has 1 aromatic carbocycles. The molecule has 0 saturated carbocycles. The number of carbonyl (C=O) groups is 1. The zero-order valence-electron chi connectivity index (χ0n) is 15.5. The van der Waals surface area contributed by atoms with Crippen molar-refractivity contribution in [3.05, 3.63) is 54.0 Å². The average molecular weight is 373 g/mol. The number of amides is 2. The van der Waals surface area contributed by atoms with E-state index in [0.29, 0.717) is 24.8 Å². The number of nitrogens with one attached hydrogen (secondary N) is 2. The minimum atomic E-state index is -0.368. The molecular formula is C20H24FN3O3. The predicted molar refractivity (Wildman–Crippen MR) is 99.1 cm³/mol. The van der Waals surface area contributed by atoms with Gasteiger partial charge in [-0.1, -0.05) is 12.1 Å². The number of nitrogens with zero attached hydrogens (tertiary/aromatic N) is 1. The summed E-state index contributed by atoms with van der Waals surface area (Å²) in [4.78, 5) is 16.3. The van der Waals surface area contributed by atoms with E-state index in [1.54, 1.807) is 30.5 Å². The Morgan fingerprint density at radius 3 is 2.93 bits per heavy atom. The van der Waals surface area contributed by atoms with E-state index in [9.17, 15) is 9.18 Å². The van der Waals surface area contributed by atoms with Crippen LogP contribution in [0.25, 0.3) is 0 Å². The Morgan fingerprint density at radius 1 is 1.37 bits per heavy atom. The van der Waals surface area contributed by atoms with Crippen LogP contribution in [0.1, 0.15) is 32.3 Å². The van der Waals surface area contributed by atoms with Gasteiger partial charge in [-0.3, -0.25) is 0 Å². The third-order valence-corrected chi connectivity index (χ3v) is 4.30. The summed E-state index contributed by atoms with van der Waals surface area (Å²) in [6.45, 7) is 5.05. The Balaban J connectivity index is 1.46. The average Bonchev–Trinajstić information content (AvgIpc) is 2.60. The number of pyridine rings is 1. The predicted octanol–water partition coefficient (Wildman–Crippen LogP) is 3.77. The number of halogens is 1. The van der Waals surface area contributed by atoms with E-state index < -0.39 is 0 Å². The molecular weight excluding hydrogens is 349 g/mol. The summed E-state index contributed by atoms with van der Waals surface area (Å²) >= 11 is 0. The topological polar surface area (TPSA) is 72.5 Å². The van der Waals surface area contributed by atoms with Gasteiger partial charge in [-0.15, -0.1) is 0 Å². The van der Waals surface area contributed by atoms with Crippen LogP contribution in [0, 0.1) is 5.82 Å². The van der Waals surface area contributed by atoms with Gasteiger partial charge in [-0.05, 0) is 44.4 Å². The fraction of sp³-hybridized carbons (Fsp3) is 0.400. The van der Waals surface area contributed by atoms with E-state index >= 15 is 0 Å². The van der Waals surface area contributed by atoms with Crippen molar-refractivity contribution < 1.29 is 18.7 Å². The molecule has 2 heterocycles. The monoisotopic (exact) mass is 373 g/mol. The molecule has 2 aromatic rings. The van der Waals surface area contributed by atoms with E-state index in [1.165, 1.54) is 12.1 Å². The van der Waals surface area contributed by atoms with Crippen molar-refractivity contribution in [2.75, 3.05) is 6.61 Å². The number of aromatic nitrogens is 1. The zero-order chi connectivity index (χ0) is 19.3. The molecule has 144 valence electrons. The lowest BCUT2D eigenvalue weighted by atomic mass is 9.94. The van der Waals surface area contributed by atoms with Crippen molar-refractivity contribution in [3.63, 3.8) is 0 Å². The summed E-state index contributed by atoms with van der Waals surface area (Å²) in [5.41, 5.74) is 0.626. The zero-order valence-corrected chi connectivity index (χ0v) is 15.5. The van der Waals surface area contributed by atoms with Crippen LogP contribution < -0.4 is 15.4 Å². The quantitative estimate of drug-likeness (QED) is 0.837. The van der Waals surface area contributed by atoms with E-state index in [4.69, 9.17) is 9.47 Å². The summed E-state index contributed by atoms with van der Waals surface area (Å²) in [6.07, 6.45) is 3.21. The molecule has 1 saturated heterocycles. The number of ether oxygens (including phenoxy) is 2. The lowest BCUT2D eigenvalue weighted by Crippen LogP contribution is -2.48. The van der Waals surface area contributed by atoms with Crippen molar-refractivity contribution in [1.82, 2.24) is 15.6 Å². The molecule has 1 aromatic heterocycles. The third kappa shape index (κ3) is 5.92.